The van der Waals surface area contributed by atoms with Gasteiger partial charge < -0.3 is 29.3 Å². The van der Waals surface area contributed by atoms with Crippen molar-refractivity contribution in [2.24, 2.45) is 0 Å². The Bertz CT molecular complexity index is 1650. The molecule has 236 valence electrons. The van der Waals surface area contributed by atoms with Crippen molar-refractivity contribution in [1.29, 1.82) is 0 Å². The van der Waals surface area contributed by atoms with Gasteiger partial charge in [-0.1, -0.05) is 41.4 Å². The summed E-state index contributed by atoms with van der Waals surface area (Å²) in [5, 5.41) is 10.5. The van der Waals surface area contributed by atoms with E-state index in [1.54, 1.807) is 30.3 Å². The lowest BCUT2D eigenvalue weighted by Crippen LogP contribution is -2.46. The van der Waals surface area contributed by atoms with Crippen LogP contribution in [-0.4, -0.2) is 66.5 Å². The van der Waals surface area contributed by atoms with Crippen LogP contribution in [0.25, 0.3) is 11.1 Å². The summed E-state index contributed by atoms with van der Waals surface area (Å²) in [6, 6.07) is 12.1. The van der Waals surface area contributed by atoms with Gasteiger partial charge in [0.25, 0.3) is 5.91 Å². The Hall–Kier alpha value is -3.53. The third kappa shape index (κ3) is 5.38. The second-order valence-electron chi connectivity index (χ2n) is 12.4. The van der Waals surface area contributed by atoms with Crippen LogP contribution in [0.5, 0.6) is 5.75 Å². The number of halogens is 3. The molecule has 0 saturated carbocycles. The van der Waals surface area contributed by atoms with Crippen molar-refractivity contribution in [1.82, 2.24) is 4.90 Å². The molecule has 1 amide bonds. The van der Waals surface area contributed by atoms with Gasteiger partial charge in [-0.05, 0) is 63.3 Å². The molecule has 3 fully saturated rings. The van der Waals surface area contributed by atoms with Crippen LogP contribution in [0.1, 0.15) is 65.3 Å². The van der Waals surface area contributed by atoms with Gasteiger partial charge in [0.1, 0.15) is 11.6 Å². The van der Waals surface area contributed by atoms with Gasteiger partial charge in [-0.25, -0.2) is 9.18 Å². The molecule has 8 nitrogen and oxygen atoms in total. The number of amides is 1. The van der Waals surface area contributed by atoms with Gasteiger partial charge in [-0.2, -0.15) is 0 Å². The van der Waals surface area contributed by atoms with Gasteiger partial charge >= 0.3 is 5.97 Å². The van der Waals surface area contributed by atoms with Crippen LogP contribution in [0.2, 0.25) is 10.0 Å². The van der Waals surface area contributed by atoms with E-state index in [9.17, 15) is 14.7 Å². The van der Waals surface area contributed by atoms with E-state index in [0.717, 1.165) is 44.0 Å². The van der Waals surface area contributed by atoms with Gasteiger partial charge in [-0.3, -0.25) is 4.79 Å². The quantitative estimate of drug-likeness (QED) is 0.311. The van der Waals surface area contributed by atoms with E-state index >= 15 is 4.39 Å². The highest BCUT2D eigenvalue weighted by Crippen LogP contribution is 2.43. The first-order valence-corrected chi connectivity index (χ1v) is 16.2. The highest BCUT2D eigenvalue weighted by atomic mass is 35.5. The largest absolute Gasteiger partial charge is 0.478 e. The lowest BCUT2D eigenvalue weighted by molar-refractivity contribution is 0.0516. The normalized spacial score (nSPS) is 22.7. The molecule has 3 aromatic rings. The monoisotopic (exact) mass is 653 g/mol. The third-order valence-electron chi connectivity index (χ3n) is 9.61. The Balaban J connectivity index is 1.19. The zero-order valence-corrected chi connectivity index (χ0v) is 26.4. The average molecular weight is 655 g/mol. The fourth-order valence-electron chi connectivity index (χ4n) is 7.36. The molecule has 2 unspecified atom stereocenters. The second-order valence-corrected chi connectivity index (χ2v) is 13.2. The number of carboxylic acids is 1. The first-order valence-electron chi connectivity index (χ1n) is 15.4. The standard InChI is InChI=1S/C34H34Cl2FN3O5/c1-19-5-2-3-10-39(19)23-11-27(35)31(28(36)12-23)33(41)38-15-20-6-4-7-24(32(20)45-18-38)25-14-30(26(34(42)43)13-29(25)37)40-21-8-9-22(40)17-44-16-21/h4,6-7,11-14,19,21-22H,2-3,5,8-10,15-18H2,1H3,(H,42,43)/t19-,21?,22?/m0/s1. The highest BCUT2D eigenvalue weighted by molar-refractivity contribution is 6.40. The third-order valence-corrected chi connectivity index (χ3v) is 10.2. The van der Waals surface area contributed by atoms with Crippen molar-refractivity contribution in [3.8, 4) is 16.9 Å². The summed E-state index contributed by atoms with van der Waals surface area (Å²) in [6.45, 7) is 4.21. The average Bonchev–Trinajstić information content (AvgIpc) is 3.27. The van der Waals surface area contributed by atoms with Gasteiger partial charge in [0.15, 0.2) is 6.73 Å². The number of nitrogens with zero attached hydrogens (tertiary/aromatic N) is 3. The molecule has 0 aromatic heterocycles. The minimum Gasteiger partial charge on any atom is -0.478 e. The number of aromatic carboxylic acids is 1. The van der Waals surface area contributed by atoms with Gasteiger partial charge in [-0.15, -0.1) is 0 Å². The fraction of sp³-hybridized carbons (Fsp3) is 0.412. The number of hydrogen-bond acceptors (Lipinski definition) is 6. The number of rotatable bonds is 5. The number of carboxylic acid groups (broad SMARTS) is 1. The summed E-state index contributed by atoms with van der Waals surface area (Å²) in [5.74, 6) is -1.75. The molecule has 1 N–H and O–H groups in total. The zero-order valence-electron chi connectivity index (χ0n) is 24.9. The minimum absolute atomic E-state index is 0.0386. The molecule has 4 heterocycles. The topological polar surface area (TPSA) is 82.5 Å². The summed E-state index contributed by atoms with van der Waals surface area (Å²) in [6.07, 6.45) is 5.14. The molecule has 45 heavy (non-hydrogen) atoms. The predicted molar refractivity (Wildman–Crippen MR) is 171 cm³/mol. The van der Waals surface area contributed by atoms with Crippen LogP contribution >= 0.6 is 23.2 Å². The number of piperidine rings is 1. The van der Waals surface area contributed by atoms with E-state index < -0.39 is 11.8 Å². The molecule has 4 aliphatic rings. The SMILES string of the molecule is C[C@H]1CCCCN1c1cc(Cl)c(C(=O)N2COc3c(cccc3-c3cc(N4C5CCC4COC5)c(C(=O)O)cc3F)C2)c(Cl)c1. The van der Waals surface area contributed by atoms with Gasteiger partial charge in [0, 0.05) is 35.0 Å². The molecule has 0 spiro atoms. The molecule has 3 aromatic carbocycles. The van der Waals surface area contributed by atoms with E-state index in [-0.39, 0.29) is 58.0 Å². The zero-order chi connectivity index (χ0) is 31.4. The van der Waals surface area contributed by atoms with Crippen molar-refractivity contribution in [2.45, 2.75) is 63.7 Å². The molecule has 3 saturated heterocycles. The van der Waals surface area contributed by atoms with Crippen LogP contribution in [-0.2, 0) is 11.3 Å². The molecular weight excluding hydrogens is 620 g/mol. The summed E-state index contributed by atoms with van der Waals surface area (Å²) < 4.78 is 27.5. The smallest absolute Gasteiger partial charge is 0.337 e. The number of carbonyl (C=O) groups excluding carboxylic acids is 1. The summed E-state index contributed by atoms with van der Waals surface area (Å²) in [7, 11) is 0. The van der Waals surface area contributed by atoms with Crippen molar-refractivity contribution >= 4 is 46.5 Å². The molecule has 0 radical (unpaired) electrons. The van der Waals surface area contributed by atoms with Crippen molar-refractivity contribution < 1.29 is 28.6 Å². The molecule has 4 aliphatic heterocycles. The number of ether oxygens (including phenoxy) is 2. The maximum absolute atomic E-state index is 15.7. The van der Waals surface area contributed by atoms with Crippen molar-refractivity contribution in [2.75, 3.05) is 36.3 Å². The maximum Gasteiger partial charge on any atom is 0.337 e. The molecule has 0 aliphatic carbocycles. The number of fused-ring (bicyclic) bond motifs is 3. The number of hydrogen-bond donors (Lipinski definition) is 1. The van der Waals surface area contributed by atoms with E-state index in [2.05, 4.69) is 16.7 Å². The Morgan fingerprint density at radius 1 is 0.978 bits per heavy atom. The van der Waals surface area contributed by atoms with E-state index in [1.165, 1.54) is 11.3 Å². The fourth-order valence-corrected chi connectivity index (χ4v) is 8.00. The first kappa shape index (κ1) is 30.1. The van der Waals surface area contributed by atoms with Crippen molar-refractivity contribution in [3.63, 3.8) is 0 Å². The lowest BCUT2D eigenvalue weighted by Gasteiger charge is -2.37. The Morgan fingerprint density at radius 2 is 1.71 bits per heavy atom. The van der Waals surface area contributed by atoms with E-state index in [4.69, 9.17) is 32.7 Å². The van der Waals surface area contributed by atoms with E-state index in [0.29, 0.717) is 41.8 Å². The Kier molecular flexibility index (Phi) is 8.04. The van der Waals surface area contributed by atoms with Crippen LogP contribution < -0.4 is 14.5 Å². The first-order chi connectivity index (χ1) is 21.7. The highest BCUT2D eigenvalue weighted by Gasteiger charge is 2.40. The van der Waals surface area contributed by atoms with Gasteiger partial charge in [0.2, 0.25) is 0 Å². The molecule has 7 rings (SSSR count). The summed E-state index contributed by atoms with van der Waals surface area (Å²) in [5.41, 5.74) is 2.94. The van der Waals surface area contributed by atoms with Crippen molar-refractivity contribution in [3.05, 3.63) is 75.0 Å². The maximum atomic E-state index is 15.7. The predicted octanol–water partition coefficient (Wildman–Crippen LogP) is 7.24. The minimum atomic E-state index is -1.18. The number of para-hydroxylation sites is 1. The molecule has 3 atom stereocenters. The lowest BCUT2D eigenvalue weighted by atomic mass is 9.96. The van der Waals surface area contributed by atoms with Crippen LogP contribution in [0.4, 0.5) is 15.8 Å². The Labute approximate surface area is 271 Å². The van der Waals surface area contributed by atoms with Crippen LogP contribution in [0, 0.1) is 5.82 Å². The number of morpholine rings is 1. The number of benzene rings is 3. The summed E-state index contributed by atoms with van der Waals surface area (Å²) >= 11 is 13.4. The second kappa shape index (κ2) is 12.0. The Morgan fingerprint density at radius 3 is 2.40 bits per heavy atom. The molecule has 11 heteroatoms. The molecule has 2 bridgehead atoms. The van der Waals surface area contributed by atoms with Crippen LogP contribution in [0.3, 0.4) is 0 Å². The van der Waals surface area contributed by atoms with Crippen LogP contribution in [0.15, 0.2) is 42.5 Å². The molecular formula is C34H34Cl2FN3O5. The van der Waals surface area contributed by atoms with E-state index in [1.807, 2.05) is 6.07 Å². The summed E-state index contributed by atoms with van der Waals surface area (Å²) in [4.78, 5) is 31.8. The van der Waals surface area contributed by atoms with Gasteiger partial charge in [0.05, 0.1) is 58.7 Å². The number of anilines is 2. The number of carbonyl (C=O) groups is 2.